The number of ether oxygens (including phenoxy) is 1. The quantitative estimate of drug-likeness (QED) is 0.877. The Labute approximate surface area is 119 Å². The number of nitrogens with zero attached hydrogens (tertiary/aromatic N) is 1. The molecule has 0 saturated carbocycles. The zero-order valence-corrected chi connectivity index (χ0v) is 12.3. The van der Waals surface area contributed by atoms with Crippen molar-refractivity contribution in [1.29, 1.82) is 0 Å². The van der Waals surface area contributed by atoms with Gasteiger partial charge in [0.05, 0.1) is 18.8 Å². The van der Waals surface area contributed by atoms with Crippen LogP contribution in [0.15, 0.2) is 22.7 Å². The first kappa shape index (κ1) is 12.7. The van der Waals surface area contributed by atoms with Crippen molar-refractivity contribution in [2.24, 2.45) is 0 Å². The van der Waals surface area contributed by atoms with Crippen LogP contribution in [0.5, 0.6) is 0 Å². The van der Waals surface area contributed by atoms with Gasteiger partial charge in [-0.05, 0) is 19.1 Å². The fourth-order valence-corrected chi connectivity index (χ4v) is 2.87. The summed E-state index contributed by atoms with van der Waals surface area (Å²) in [4.78, 5) is 17.8. The Morgan fingerprint density at radius 3 is 2.84 bits per heavy atom. The molecule has 1 N–H and O–H groups in total. The number of fused-ring (bicyclic) bond motifs is 1. The van der Waals surface area contributed by atoms with E-state index in [1.165, 1.54) is 0 Å². The van der Waals surface area contributed by atoms with Gasteiger partial charge >= 0.3 is 0 Å². The van der Waals surface area contributed by atoms with E-state index in [1.54, 1.807) is 0 Å². The van der Waals surface area contributed by atoms with Crippen LogP contribution in [0.4, 0.5) is 0 Å². The zero-order valence-electron chi connectivity index (χ0n) is 10.7. The van der Waals surface area contributed by atoms with Crippen molar-refractivity contribution in [2.45, 2.75) is 6.92 Å². The lowest BCUT2D eigenvalue weighted by Crippen LogP contribution is -2.40. The molecule has 1 aliphatic heterocycles. The highest BCUT2D eigenvalue weighted by atomic mass is 79.9. The highest BCUT2D eigenvalue weighted by Crippen LogP contribution is 2.26. The molecule has 0 spiro atoms. The first-order chi connectivity index (χ1) is 9.16. The Bertz CT molecular complexity index is 630. The molecule has 19 heavy (non-hydrogen) atoms. The van der Waals surface area contributed by atoms with Crippen molar-refractivity contribution in [3.63, 3.8) is 0 Å². The fraction of sp³-hybridized carbons (Fsp3) is 0.357. The van der Waals surface area contributed by atoms with E-state index in [4.69, 9.17) is 4.74 Å². The van der Waals surface area contributed by atoms with Gasteiger partial charge < -0.3 is 14.6 Å². The number of benzene rings is 1. The minimum atomic E-state index is 0.0920. The summed E-state index contributed by atoms with van der Waals surface area (Å²) in [5.74, 6) is 0.0920. The summed E-state index contributed by atoms with van der Waals surface area (Å²) >= 11 is 3.45. The van der Waals surface area contributed by atoms with Crippen LogP contribution in [0.2, 0.25) is 0 Å². The fourth-order valence-electron chi connectivity index (χ4n) is 2.50. The average molecular weight is 323 g/mol. The largest absolute Gasteiger partial charge is 0.378 e. The molecule has 3 rings (SSSR count). The summed E-state index contributed by atoms with van der Waals surface area (Å²) < 4.78 is 6.30. The van der Waals surface area contributed by atoms with Crippen LogP contribution in [0.3, 0.4) is 0 Å². The number of aromatic nitrogens is 1. The maximum absolute atomic E-state index is 12.6. The molecule has 1 saturated heterocycles. The molecule has 0 aliphatic carbocycles. The minimum absolute atomic E-state index is 0.0920. The van der Waals surface area contributed by atoms with Gasteiger partial charge in [0, 0.05) is 34.2 Å². The summed E-state index contributed by atoms with van der Waals surface area (Å²) in [7, 11) is 0. The van der Waals surface area contributed by atoms with Crippen LogP contribution in [0.1, 0.15) is 16.1 Å². The summed E-state index contributed by atoms with van der Waals surface area (Å²) in [6.07, 6.45) is 0. The highest BCUT2D eigenvalue weighted by Gasteiger charge is 2.23. The van der Waals surface area contributed by atoms with Crippen LogP contribution in [-0.4, -0.2) is 42.1 Å². The van der Waals surface area contributed by atoms with E-state index in [-0.39, 0.29) is 5.91 Å². The van der Waals surface area contributed by atoms with E-state index in [1.807, 2.05) is 30.0 Å². The van der Waals surface area contributed by atoms with E-state index in [0.717, 1.165) is 26.6 Å². The monoisotopic (exact) mass is 322 g/mol. The number of nitrogens with one attached hydrogen (secondary N) is 1. The summed E-state index contributed by atoms with van der Waals surface area (Å²) in [6.45, 7) is 4.53. The lowest BCUT2D eigenvalue weighted by Gasteiger charge is -2.27. The Kier molecular flexibility index (Phi) is 3.33. The van der Waals surface area contributed by atoms with Gasteiger partial charge in [-0.1, -0.05) is 22.0 Å². The number of carbonyl (C=O) groups excluding carboxylic acids is 1. The molecule has 2 aromatic rings. The molecular formula is C14H15BrN2O2. The van der Waals surface area contributed by atoms with Crippen LogP contribution in [0, 0.1) is 6.92 Å². The number of halogens is 1. The normalized spacial score (nSPS) is 16.0. The number of hydrogen-bond acceptors (Lipinski definition) is 2. The predicted octanol–water partition coefficient (Wildman–Crippen LogP) is 2.71. The van der Waals surface area contributed by atoms with Crippen molar-refractivity contribution in [3.8, 4) is 0 Å². The zero-order chi connectivity index (χ0) is 13.4. The molecule has 1 aliphatic rings. The summed E-state index contributed by atoms with van der Waals surface area (Å²) in [5, 5.41) is 0.984. The number of carbonyl (C=O) groups is 1. The number of morpholine rings is 1. The van der Waals surface area contributed by atoms with Crippen LogP contribution in [0.25, 0.3) is 10.9 Å². The Balaban J connectivity index is 2.03. The van der Waals surface area contributed by atoms with E-state index < -0.39 is 0 Å². The molecule has 1 aromatic heterocycles. The maximum atomic E-state index is 12.6. The van der Waals surface area contributed by atoms with Crippen molar-refractivity contribution in [3.05, 3.63) is 33.9 Å². The highest BCUT2D eigenvalue weighted by molar-refractivity contribution is 9.10. The standard InChI is InChI=1S/C14H15BrN2O2/c1-9-13(14(18)17-4-6-19-7-5-17)11-3-2-10(15)8-12(11)16-9/h2-3,8,16H,4-7H2,1H3. The SMILES string of the molecule is Cc1[nH]c2cc(Br)ccc2c1C(=O)N1CCOCC1. The Morgan fingerprint density at radius 2 is 2.11 bits per heavy atom. The van der Waals surface area contributed by atoms with Crippen molar-refractivity contribution in [2.75, 3.05) is 26.3 Å². The molecule has 100 valence electrons. The van der Waals surface area contributed by atoms with Gasteiger partial charge in [0.2, 0.25) is 0 Å². The van der Waals surface area contributed by atoms with Gasteiger partial charge in [-0.15, -0.1) is 0 Å². The molecule has 2 heterocycles. The number of hydrogen-bond donors (Lipinski definition) is 1. The van der Waals surface area contributed by atoms with Gasteiger partial charge in [-0.2, -0.15) is 0 Å². The van der Waals surface area contributed by atoms with Gasteiger partial charge in [0.25, 0.3) is 5.91 Å². The molecule has 1 fully saturated rings. The first-order valence-electron chi connectivity index (χ1n) is 6.31. The topological polar surface area (TPSA) is 45.3 Å². The number of aryl methyl sites for hydroxylation is 1. The van der Waals surface area contributed by atoms with E-state index in [0.29, 0.717) is 26.3 Å². The second kappa shape index (κ2) is 4.98. The van der Waals surface area contributed by atoms with Gasteiger partial charge in [-0.25, -0.2) is 0 Å². The van der Waals surface area contributed by atoms with Crippen LogP contribution in [-0.2, 0) is 4.74 Å². The number of rotatable bonds is 1. The Morgan fingerprint density at radius 1 is 1.37 bits per heavy atom. The van der Waals surface area contributed by atoms with Crippen molar-refractivity contribution in [1.82, 2.24) is 9.88 Å². The second-order valence-electron chi connectivity index (χ2n) is 4.72. The van der Waals surface area contributed by atoms with E-state index in [9.17, 15) is 4.79 Å². The number of aromatic amines is 1. The molecule has 1 amide bonds. The van der Waals surface area contributed by atoms with Crippen molar-refractivity contribution < 1.29 is 9.53 Å². The smallest absolute Gasteiger partial charge is 0.256 e. The maximum Gasteiger partial charge on any atom is 0.256 e. The van der Waals surface area contributed by atoms with Gasteiger partial charge in [-0.3, -0.25) is 4.79 Å². The average Bonchev–Trinajstić information content (AvgIpc) is 2.74. The van der Waals surface area contributed by atoms with Gasteiger partial charge in [0.15, 0.2) is 0 Å². The second-order valence-corrected chi connectivity index (χ2v) is 5.64. The van der Waals surface area contributed by atoms with Crippen molar-refractivity contribution >= 4 is 32.7 Å². The van der Waals surface area contributed by atoms with E-state index in [2.05, 4.69) is 20.9 Å². The third-order valence-electron chi connectivity index (χ3n) is 3.46. The molecule has 4 nitrogen and oxygen atoms in total. The summed E-state index contributed by atoms with van der Waals surface area (Å²) in [6, 6.07) is 5.95. The molecular weight excluding hydrogens is 308 g/mol. The third kappa shape index (κ3) is 2.28. The summed E-state index contributed by atoms with van der Waals surface area (Å²) in [5.41, 5.74) is 2.69. The molecule has 0 radical (unpaired) electrons. The lowest BCUT2D eigenvalue weighted by molar-refractivity contribution is 0.0303. The molecule has 5 heteroatoms. The molecule has 0 unspecified atom stereocenters. The van der Waals surface area contributed by atoms with Crippen LogP contribution < -0.4 is 0 Å². The Hall–Kier alpha value is -1.33. The predicted molar refractivity (Wildman–Crippen MR) is 77.5 cm³/mol. The third-order valence-corrected chi connectivity index (χ3v) is 3.95. The first-order valence-corrected chi connectivity index (χ1v) is 7.11. The number of H-pyrrole nitrogens is 1. The van der Waals surface area contributed by atoms with Gasteiger partial charge in [0.1, 0.15) is 0 Å². The lowest BCUT2D eigenvalue weighted by atomic mass is 10.1. The van der Waals surface area contributed by atoms with E-state index >= 15 is 0 Å². The molecule has 1 aromatic carbocycles. The number of amides is 1. The minimum Gasteiger partial charge on any atom is -0.378 e. The molecule has 0 bridgehead atoms. The molecule has 0 atom stereocenters. The van der Waals surface area contributed by atoms with Crippen LogP contribution >= 0.6 is 15.9 Å².